The molecule has 0 unspecified atom stereocenters. The summed E-state index contributed by atoms with van der Waals surface area (Å²) in [5.74, 6) is 0. The third kappa shape index (κ3) is 3.05. The molecular weight excluding hydrogens is 204 g/mol. The monoisotopic (exact) mass is 220 g/mol. The molecule has 1 saturated heterocycles. The summed E-state index contributed by atoms with van der Waals surface area (Å²) in [4.78, 5) is 7.32. The van der Waals surface area contributed by atoms with E-state index in [4.69, 9.17) is 9.57 Å². The number of oxime groups is 1. The van der Waals surface area contributed by atoms with Crippen LogP contribution in [0.4, 0.5) is 0 Å². The van der Waals surface area contributed by atoms with Gasteiger partial charge in [0, 0.05) is 6.54 Å². The van der Waals surface area contributed by atoms with Crippen molar-refractivity contribution in [3.05, 3.63) is 35.9 Å². The SMILES string of the molecule is CC(=NOCN1CCOC1)c1ccccc1. The smallest absolute Gasteiger partial charge is 0.172 e. The molecule has 0 radical (unpaired) electrons. The predicted molar refractivity (Wildman–Crippen MR) is 62.1 cm³/mol. The highest BCUT2D eigenvalue weighted by atomic mass is 16.6. The van der Waals surface area contributed by atoms with E-state index in [-0.39, 0.29) is 0 Å². The fourth-order valence-electron chi connectivity index (χ4n) is 1.49. The number of nitrogens with zero attached hydrogens (tertiary/aromatic N) is 2. The van der Waals surface area contributed by atoms with Gasteiger partial charge in [-0.3, -0.25) is 0 Å². The first-order valence-corrected chi connectivity index (χ1v) is 5.38. The second kappa shape index (κ2) is 5.63. The summed E-state index contributed by atoms with van der Waals surface area (Å²) in [6, 6.07) is 9.99. The van der Waals surface area contributed by atoms with Gasteiger partial charge in [-0.1, -0.05) is 35.5 Å². The van der Waals surface area contributed by atoms with Crippen LogP contribution in [-0.4, -0.2) is 37.2 Å². The zero-order chi connectivity index (χ0) is 11.2. The summed E-state index contributed by atoms with van der Waals surface area (Å²) in [7, 11) is 0. The minimum absolute atomic E-state index is 0.490. The Morgan fingerprint density at radius 3 is 2.94 bits per heavy atom. The van der Waals surface area contributed by atoms with E-state index in [1.165, 1.54) is 0 Å². The first kappa shape index (κ1) is 11.1. The molecular formula is C12H16N2O2. The molecule has 0 saturated carbocycles. The van der Waals surface area contributed by atoms with Gasteiger partial charge in [0.2, 0.25) is 0 Å². The lowest BCUT2D eigenvalue weighted by Crippen LogP contribution is -2.22. The molecule has 1 aliphatic rings. The van der Waals surface area contributed by atoms with E-state index < -0.39 is 0 Å². The van der Waals surface area contributed by atoms with Crippen molar-refractivity contribution < 1.29 is 9.57 Å². The van der Waals surface area contributed by atoms with Crippen LogP contribution in [0.1, 0.15) is 12.5 Å². The molecule has 16 heavy (non-hydrogen) atoms. The van der Waals surface area contributed by atoms with Crippen molar-refractivity contribution in [3.63, 3.8) is 0 Å². The Morgan fingerprint density at radius 2 is 2.25 bits per heavy atom. The normalized spacial score (nSPS) is 17.7. The number of ether oxygens (including phenoxy) is 1. The zero-order valence-corrected chi connectivity index (χ0v) is 9.43. The molecule has 0 bridgehead atoms. The van der Waals surface area contributed by atoms with E-state index in [1.54, 1.807) is 0 Å². The maximum Gasteiger partial charge on any atom is 0.172 e. The van der Waals surface area contributed by atoms with Gasteiger partial charge in [-0.2, -0.15) is 0 Å². The standard InChI is InChI=1S/C12H16N2O2/c1-11(12-5-3-2-4-6-12)13-16-10-14-7-8-15-9-14/h2-6H,7-10H2,1H3. The van der Waals surface area contributed by atoms with Gasteiger partial charge in [0.05, 0.1) is 12.3 Å². The van der Waals surface area contributed by atoms with Crippen LogP contribution in [-0.2, 0) is 9.57 Å². The van der Waals surface area contributed by atoms with E-state index in [0.29, 0.717) is 13.5 Å². The predicted octanol–water partition coefficient (Wildman–Crippen LogP) is 1.67. The fourth-order valence-corrected chi connectivity index (χ4v) is 1.49. The van der Waals surface area contributed by atoms with Crippen LogP contribution >= 0.6 is 0 Å². The van der Waals surface area contributed by atoms with Crippen molar-refractivity contribution >= 4 is 5.71 Å². The van der Waals surface area contributed by atoms with Crippen LogP contribution in [0.15, 0.2) is 35.5 Å². The third-order valence-corrected chi connectivity index (χ3v) is 2.46. The van der Waals surface area contributed by atoms with Crippen LogP contribution in [0.25, 0.3) is 0 Å². The largest absolute Gasteiger partial charge is 0.379 e. The van der Waals surface area contributed by atoms with E-state index in [9.17, 15) is 0 Å². The second-order valence-electron chi connectivity index (χ2n) is 3.73. The molecule has 1 fully saturated rings. The minimum atomic E-state index is 0.490. The summed E-state index contributed by atoms with van der Waals surface area (Å²) in [6.45, 7) is 4.77. The number of hydrogen-bond donors (Lipinski definition) is 0. The van der Waals surface area contributed by atoms with Crippen LogP contribution in [0.2, 0.25) is 0 Å². The first-order valence-electron chi connectivity index (χ1n) is 5.38. The molecule has 0 aromatic heterocycles. The Hall–Kier alpha value is -1.39. The Labute approximate surface area is 95.5 Å². The van der Waals surface area contributed by atoms with Crippen molar-refractivity contribution in [2.75, 3.05) is 26.6 Å². The van der Waals surface area contributed by atoms with Gasteiger partial charge in [0.1, 0.15) is 6.73 Å². The molecule has 0 spiro atoms. The minimum Gasteiger partial charge on any atom is -0.379 e. The Bertz CT molecular complexity index is 345. The lowest BCUT2D eigenvalue weighted by atomic mass is 10.1. The maximum absolute atomic E-state index is 5.27. The van der Waals surface area contributed by atoms with Gasteiger partial charge in [-0.25, -0.2) is 4.90 Å². The van der Waals surface area contributed by atoms with E-state index in [2.05, 4.69) is 10.1 Å². The molecule has 1 aromatic rings. The van der Waals surface area contributed by atoms with Crippen molar-refractivity contribution in [2.45, 2.75) is 6.92 Å². The fraction of sp³-hybridized carbons (Fsp3) is 0.417. The molecule has 0 amide bonds. The Balaban J connectivity index is 1.82. The van der Waals surface area contributed by atoms with Gasteiger partial charge in [0.25, 0.3) is 0 Å². The van der Waals surface area contributed by atoms with Crippen molar-refractivity contribution in [1.29, 1.82) is 0 Å². The zero-order valence-electron chi connectivity index (χ0n) is 9.43. The van der Waals surface area contributed by atoms with E-state index >= 15 is 0 Å². The molecule has 86 valence electrons. The molecule has 0 atom stereocenters. The molecule has 1 heterocycles. The molecule has 1 aromatic carbocycles. The average Bonchev–Trinajstić information content (AvgIpc) is 2.83. The molecule has 4 heteroatoms. The van der Waals surface area contributed by atoms with Gasteiger partial charge in [-0.15, -0.1) is 0 Å². The quantitative estimate of drug-likeness (QED) is 0.572. The lowest BCUT2D eigenvalue weighted by molar-refractivity contribution is 0.0195. The maximum atomic E-state index is 5.27. The van der Waals surface area contributed by atoms with Crippen molar-refractivity contribution in [2.24, 2.45) is 5.16 Å². The lowest BCUT2D eigenvalue weighted by Gasteiger charge is -2.10. The summed E-state index contributed by atoms with van der Waals surface area (Å²) >= 11 is 0. The Morgan fingerprint density at radius 1 is 1.44 bits per heavy atom. The van der Waals surface area contributed by atoms with E-state index in [1.807, 2.05) is 37.3 Å². The number of hydrogen-bond acceptors (Lipinski definition) is 4. The summed E-state index contributed by atoms with van der Waals surface area (Å²) in [5, 5.41) is 4.08. The van der Waals surface area contributed by atoms with Crippen LogP contribution in [0, 0.1) is 0 Å². The van der Waals surface area contributed by atoms with Crippen LogP contribution < -0.4 is 0 Å². The van der Waals surface area contributed by atoms with Crippen molar-refractivity contribution in [3.8, 4) is 0 Å². The first-order chi connectivity index (χ1) is 7.86. The van der Waals surface area contributed by atoms with Gasteiger partial charge < -0.3 is 9.57 Å². The molecule has 4 nitrogen and oxygen atoms in total. The van der Waals surface area contributed by atoms with Gasteiger partial charge in [-0.05, 0) is 12.5 Å². The van der Waals surface area contributed by atoms with Crippen molar-refractivity contribution in [1.82, 2.24) is 4.90 Å². The van der Waals surface area contributed by atoms with Gasteiger partial charge in [0.15, 0.2) is 6.73 Å². The summed E-state index contributed by atoms with van der Waals surface area (Å²) < 4.78 is 5.20. The third-order valence-electron chi connectivity index (χ3n) is 2.46. The topological polar surface area (TPSA) is 34.1 Å². The highest BCUT2D eigenvalue weighted by Gasteiger charge is 2.11. The van der Waals surface area contributed by atoms with Gasteiger partial charge >= 0.3 is 0 Å². The average molecular weight is 220 g/mol. The molecule has 1 aliphatic heterocycles. The molecule has 2 rings (SSSR count). The van der Waals surface area contributed by atoms with Crippen LogP contribution in [0.5, 0.6) is 0 Å². The summed E-state index contributed by atoms with van der Waals surface area (Å²) in [5.41, 5.74) is 1.97. The highest BCUT2D eigenvalue weighted by Crippen LogP contribution is 2.02. The number of rotatable bonds is 4. The summed E-state index contributed by atoms with van der Waals surface area (Å²) in [6.07, 6.45) is 0. The Kier molecular flexibility index (Phi) is 3.91. The molecule has 0 N–H and O–H groups in total. The second-order valence-corrected chi connectivity index (χ2v) is 3.73. The number of benzene rings is 1. The molecule has 0 aliphatic carbocycles. The van der Waals surface area contributed by atoms with Crippen LogP contribution in [0.3, 0.4) is 0 Å². The van der Waals surface area contributed by atoms with E-state index in [0.717, 1.165) is 24.4 Å². The highest BCUT2D eigenvalue weighted by molar-refractivity contribution is 5.98.